The Kier molecular flexibility index (Phi) is 5.62. The number of hydrogen-bond donors (Lipinski definition) is 1. The van der Waals surface area contributed by atoms with Crippen LogP contribution in [0.3, 0.4) is 0 Å². The zero-order valence-corrected chi connectivity index (χ0v) is 10.6. The number of nitrogens with one attached hydrogen (secondary N) is 1. The maximum Gasteiger partial charge on any atom is 0.307 e. The zero-order chi connectivity index (χ0) is 12.7. The first kappa shape index (κ1) is 13.6. The van der Waals surface area contributed by atoms with Gasteiger partial charge in [-0.1, -0.05) is 6.92 Å². The average Bonchev–Trinajstić information content (AvgIpc) is 2.74. The number of ether oxygens (including phenoxy) is 1. The predicted octanol–water partition coefficient (Wildman–Crippen LogP) is 0.729. The lowest BCUT2D eigenvalue weighted by atomic mass is 10.2. The fourth-order valence-electron chi connectivity index (χ4n) is 1.49. The molecule has 1 N–H and O–H groups in total. The van der Waals surface area contributed by atoms with Gasteiger partial charge < -0.3 is 10.1 Å². The van der Waals surface area contributed by atoms with Crippen LogP contribution in [0.25, 0.3) is 0 Å². The molecule has 0 radical (unpaired) electrons. The largest absolute Gasteiger partial charge is 0.469 e. The van der Waals surface area contributed by atoms with Crippen LogP contribution in [0, 0.1) is 0 Å². The summed E-state index contributed by atoms with van der Waals surface area (Å²) >= 11 is 0. The molecule has 6 nitrogen and oxygen atoms in total. The number of esters is 1. The van der Waals surface area contributed by atoms with Crippen LogP contribution >= 0.6 is 0 Å². The summed E-state index contributed by atoms with van der Waals surface area (Å²) in [5, 5.41) is 7.36. The van der Waals surface area contributed by atoms with Gasteiger partial charge in [0.2, 0.25) is 0 Å². The maximum absolute atomic E-state index is 11.1. The molecule has 0 aliphatic rings. The molecule has 0 spiro atoms. The lowest BCUT2D eigenvalue weighted by Gasteiger charge is -2.12. The van der Waals surface area contributed by atoms with Crippen molar-refractivity contribution < 1.29 is 9.53 Å². The lowest BCUT2D eigenvalue weighted by molar-refractivity contribution is -0.141. The number of methoxy groups -OCH3 is 1. The van der Waals surface area contributed by atoms with E-state index in [2.05, 4.69) is 27.1 Å². The summed E-state index contributed by atoms with van der Waals surface area (Å²) < 4.78 is 6.48. The van der Waals surface area contributed by atoms with Crippen molar-refractivity contribution in [2.24, 2.45) is 0 Å². The number of aryl methyl sites for hydroxylation is 1. The molecule has 1 unspecified atom stereocenters. The van der Waals surface area contributed by atoms with Gasteiger partial charge in [-0.2, -0.15) is 5.10 Å². The Bertz CT molecular complexity index is 351. The highest BCUT2D eigenvalue weighted by Crippen LogP contribution is 1.99. The summed E-state index contributed by atoms with van der Waals surface area (Å²) in [5.74, 6) is 0.684. The lowest BCUT2D eigenvalue weighted by Crippen LogP contribution is -2.29. The van der Waals surface area contributed by atoms with Gasteiger partial charge in [-0.25, -0.2) is 9.67 Å². The van der Waals surface area contributed by atoms with Gasteiger partial charge in [-0.15, -0.1) is 0 Å². The molecule has 96 valence electrons. The second-order valence-corrected chi connectivity index (χ2v) is 3.96. The van der Waals surface area contributed by atoms with Crippen molar-refractivity contribution in [2.45, 2.75) is 45.8 Å². The second-order valence-electron chi connectivity index (χ2n) is 3.96. The van der Waals surface area contributed by atoms with E-state index in [-0.39, 0.29) is 12.0 Å². The summed E-state index contributed by atoms with van der Waals surface area (Å²) in [6.07, 6.45) is 2.93. The predicted molar refractivity (Wildman–Crippen MR) is 63.2 cm³/mol. The van der Waals surface area contributed by atoms with Gasteiger partial charge in [0.15, 0.2) is 0 Å². The monoisotopic (exact) mass is 240 g/mol. The quantitative estimate of drug-likeness (QED) is 0.711. The van der Waals surface area contributed by atoms with Crippen molar-refractivity contribution >= 4 is 5.97 Å². The van der Waals surface area contributed by atoms with Crippen LogP contribution in [0.15, 0.2) is 6.33 Å². The average molecular weight is 240 g/mol. The standard InChI is InChI=1S/C11H20N4O2/c1-4-5-15-10(13-8-14-15)7-12-9(2)6-11(16)17-3/h8-9,12H,4-7H2,1-3H3. The van der Waals surface area contributed by atoms with Crippen LogP contribution in [-0.2, 0) is 22.6 Å². The summed E-state index contributed by atoms with van der Waals surface area (Å²) in [7, 11) is 1.40. The molecule has 1 aromatic rings. The molecule has 0 saturated heterocycles. The molecule has 0 aliphatic carbocycles. The number of nitrogens with zero attached hydrogens (tertiary/aromatic N) is 3. The minimum atomic E-state index is -0.208. The molecule has 0 aromatic carbocycles. The molecule has 0 bridgehead atoms. The van der Waals surface area contributed by atoms with Crippen molar-refractivity contribution in [1.82, 2.24) is 20.1 Å². The SMILES string of the molecule is CCCn1ncnc1CNC(C)CC(=O)OC. The molecule has 17 heavy (non-hydrogen) atoms. The van der Waals surface area contributed by atoms with E-state index < -0.39 is 0 Å². The second kappa shape index (κ2) is 7.01. The van der Waals surface area contributed by atoms with E-state index in [0.29, 0.717) is 13.0 Å². The Morgan fingerprint density at radius 1 is 1.65 bits per heavy atom. The van der Waals surface area contributed by atoms with Crippen molar-refractivity contribution in [1.29, 1.82) is 0 Å². The topological polar surface area (TPSA) is 69.0 Å². The molecule has 1 aromatic heterocycles. The highest BCUT2D eigenvalue weighted by molar-refractivity contribution is 5.69. The van der Waals surface area contributed by atoms with Crippen LogP contribution in [-0.4, -0.2) is 33.9 Å². The van der Waals surface area contributed by atoms with Crippen molar-refractivity contribution in [3.05, 3.63) is 12.2 Å². The first-order chi connectivity index (χ1) is 8.17. The summed E-state index contributed by atoms with van der Waals surface area (Å²) in [6.45, 7) is 5.51. The van der Waals surface area contributed by atoms with Gasteiger partial charge in [0.1, 0.15) is 12.2 Å². The summed E-state index contributed by atoms with van der Waals surface area (Å²) in [6, 6.07) is 0.0641. The minimum absolute atomic E-state index is 0.0641. The number of aromatic nitrogens is 3. The van der Waals surface area contributed by atoms with E-state index in [1.807, 2.05) is 11.6 Å². The van der Waals surface area contributed by atoms with Gasteiger partial charge in [0.25, 0.3) is 0 Å². The molecular weight excluding hydrogens is 220 g/mol. The highest BCUT2D eigenvalue weighted by Gasteiger charge is 2.10. The number of carbonyl (C=O) groups is 1. The van der Waals surface area contributed by atoms with Crippen LogP contribution < -0.4 is 5.32 Å². The fraction of sp³-hybridized carbons (Fsp3) is 0.727. The van der Waals surface area contributed by atoms with Crippen molar-refractivity contribution in [3.63, 3.8) is 0 Å². The number of rotatable bonds is 7. The Hall–Kier alpha value is -1.43. The molecule has 1 atom stereocenters. The van der Waals surface area contributed by atoms with E-state index in [4.69, 9.17) is 0 Å². The first-order valence-electron chi connectivity index (χ1n) is 5.84. The van der Waals surface area contributed by atoms with E-state index in [9.17, 15) is 4.79 Å². The van der Waals surface area contributed by atoms with Gasteiger partial charge in [-0.3, -0.25) is 4.79 Å². The van der Waals surface area contributed by atoms with E-state index in [0.717, 1.165) is 18.8 Å². The van der Waals surface area contributed by atoms with Crippen LogP contribution in [0.1, 0.15) is 32.5 Å². The Morgan fingerprint density at radius 2 is 2.41 bits per heavy atom. The van der Waals surface area contributed by atoms with Gasteiger partial charge >= 0.3 is 5.97 Å². The van der Waals surface area contributed by atoms with Gasteiger partial charge in [0.05, 0.1) is 20.1 Å². The summed E-state index contributed by atoms with van der Waals surface area (Å²) in [5.41, 5.74) is 0. The fourth-order valence-corrected chi connectivity index (χ4v) is 1.49. The first-order valence-corrected chi connectivity index (χ1v) is 5.84. The highest BCUT2D eigenvalue weighted by atomic mass is 16.5. The number of carbonyl (C=O) groups excluding carboxylic acids is 1. The Morgan fingerprint density at radius 3 is 3.06 bits per heavy atom. The molecule has 1 heterocycles. The van der Waals surface area contributed by atoms with Crippen molar-refractivity contribution in [2.75, 3.05) is 7.11 Å². The summed E-state index contributed by atoms with van der Waals surface area (Å²) in [4.78, 5) is 15.2. The molecule has 0 fully saturated rings. The molecule has 1 rings (SSSR count). The van der Waals surface area contributed by atoms with E-state index >= 15 is 0 Å². The van der Waals surface area contributed by atoms with Gasteiger partial charge in [-0.05, 0) is 13.3 Å². The third-order valence-corrected chi connectivity index (χ3v) is 2.44. The maximum atomic E-state index is 11.1. The van der Waals surface area contributed by atoms with E-state index in [1.165, 1.54) is 7.11 Å². The molecule has 0 saturated carbocycles. The Balaban J connectivity index is 2.38. The normalized spacial score (nSPS) is 12.4. The molecule has 0 aliphatic heterocycles. The van der Waals surface area contributed by atoms with Gasteiger partial charge in [0, 0.05) is 12.6 Å². The Labute approximate surface area is 101 Å². The molecule has 6 heteroatoms. The number of hydrogen-bond acceptors (Lipinski definition) is 5. The van der Waals surface area contributed by atoms with Crippen molar-refractivity contribution in [3.8, 4) is 0 Å². The molecular formula is C11H20N4O2. The molecule has 0 amide bonds. The zero-order valence-electron chi connectivity index (χ0n) is 10.6. The van der Waals surface area contributed by atoms with E-state index in [1.54, 1.807) is 6.33 Å². The van der Waals surface area contributed by atoms with Crippen LogP contribution in [0.5, 0.6) is 0 Å². The van der Waals surface area contributed by atoms with Crippen LogP contribution in [0.4, 0.5) is 0 Å². The third-order valence-electron chi connectivity index (χ3n) is 2.44. The smallest absolute Gasteiger partial charge is 0.307 e. The third kappa shape index (κ3) is 4.52. The van der Waals surface area contributed by atoms with Crippen LogP contribution in [0.2, 0.25) is 0 Å². The minimum Gasteiger partial charge on any atom is -0.469 e.